The fraction of sp³-hybridized carbons (Fsp3) is 0.545. The van der Waals surface area contributed by atoms with Crippen LogP contribution in [0.5, 0.6) is 0 Å². The first-order valence-corrected chi connectivity index (χ1v) is 10.7. The Morgan fingerprint density at radius 3 is 2.86 bits per heavy atom. The summed E-state index contributed by atoms with van der Waals surface area (Å²) in [5, 5.41) is 5.12. The summed E-state index contributed by atoms with van der Waals surface area (Å²) in [5.41, 5.74) is 3.02. The van der Waals surface area contributed by atoms with Crippen LogP contribution in [-0.2, 0) is 6.54 Å². The number of aromatic amines is 1. The molecule has 5 rings (SSSR count). The minimum Gasteiger partial charge on any atom is -0.310 e. The lowest BCUT2D eigenvalue weighted by Crippen LogP contribution is -2.22. The zero-order chi connectivity index (χ0) is 20.0. The van der Waals surface area contributed by atoms with Gasteiger partial charge in [0.15, 0.2) is 5.65 Å². The molecular formula is C22H28N6O. The van der Waals surface area contributed by atoms with Crippen LogP contribution in [0, 0.1) is 12.8 Å². The Hall–Kier alpha value is -2.54. The van der Waals surface area contributed by atoms with Crippen LogP contribution < -0.4 is 5.56 Å². The summed E-state index contributed by atoms with van der Waals surface area (Å²) < 4.78 is 2.00. The predicted molar refractivity (Wildman–Crippen MR) is 112 cm³/mol. The van der Waals surface area contributed by atoms with Crippen LogP contribution in [0.4, 0.5) is 0 Å². The summed E-state index contributed by atoms with van der Waals surface area (Å²) in [6.45, 7) is 7.04. The normalized spacial score (nSPS) is 23.4. The summed E-state index contributed by atoms with van der Waals surface area (Å²) >= 11 is 0. The number of hydrogen-bond donors (Lipinski definition) is 1. The minimum absolute atomic E-state index is 0.0690. The molecule has 0 amide bonds. The molecule has 3 aromatic heterocycles. The highest BCUT2D eigenvalue weighted by molar-refractivity contribution is 5.73. The number of nitrogens with one attached hydrogen (secondary N) is 1. The molecule has 1 aliphatic heterocycles. The molecule has 0 spiro atoms. The Morgan fingerprint density at radius 2 is 2.07 bits per heavy atom. The lowest BCUT2D eigenvalue weighted by Gasteiger charge is -2.17. The smallest absolute Gasteiger partial charge is 0.262 e. The first-order chi connectivity index (χ1) is 14.1. The Balaban J connectivity index is 1.43. The van der Waals surface area contributed by atoms with Crippen LogP contribution in [0.1, 0.15) is 61.6 Å². The van der Waals surface area contributed by atoms with Gasteiger partial charge in [-0.1, -0.05) is 25.8 Å². The van der Waals surface area contributed by atoms with Crippen molar-refractivity contribution in [3.8, 4) is 0 Å². The topological polar surface area (TPSA) is 79.7 Å². The van der Waals surface area contributed by atoms with Gasteiger partial charge in [0.25, 0.3) is 5.56 Å². The summed E-state index contributed by atoms with van der Waals surface area (Å²) in [6.07, 6.45) is 8.23. The van der Waals surface area contributed by atoms with Gasteiger partial charge in [-0.05, 0) is 37.3 Å². The summed E-state index contributed by atoms with van der Waals surface area (Å²) in [7, 11) is 0. The van der Waals surface area contributed by atoms with Gasteiger partial charge in [-0.25, -0.2) is 9.67 Å². The Bertz CT molecular complexity index is 1080. The maximum absolute atomic E-state index is 12.7. The molecule has 1 N–H and O–H groups in total. The van der Waals surface area contributed by atoms with E-state index in [0.717, 1.165) is 49.6 Å². The molecule has 4 heterocycles. The van der Waals surface area contributed by atoms with E-state index in [-0.39, 0.29) is 11.5 Å². The Kier molecular flexibility index (Phi) is 4.70. The lowest BCUT2D eigenvalue weighted by molar-refractivity contribution is 0.314. The SMILES string of the molecule is Cc1cccnc1CN1C[C@@H](C)[C@H](c2nc3c(cnn3C3CCCC3)c(=O)[nH]2)C1. The zero-order valence-electron chi connectivity index (χ0n) is 17.1. The largest absolute Gasteiger partial charge is 0.310 e. The number of nitrogens with zero attached hydrogens (tertiary/aromatic N) is 5. The number of hydrogen-bond acceptors (Lipinski definition) is 5. The van der Waals surface area contributed by atoms with Crippen molar-refractivity contribution < 1.29 is 0 Å². The number of aryl methyl sites for hydroxylation is 1. The van der Waals surface area contributed by atoms with Crippen molar-refractivity contribution in [3.63, 3.8) is 0 Å². The van der Waals surface area contributed by atoms with E-state index in [0.29, 0.717) is 17.3 Å². The van der Waals surface area contributed by atoms with Crippen molar-refractivity contribution in [3.05, 3.63) is 52.0 Å². The molecule has 29 heavy (non-hydrogen) atoms. The summed E-state index contributed by atoms with van der Waals surface area (Å²) in [5.74, 6) is 1.43. The number of fused-ring (bicyclic) bond motifs is 1. The zero-order valence-corrected chi connectivity index (χ0v) is 17.1. The van der Waals surface area contributed by atoms with Crippen LogP contribution in [0.2, 0.25) is 0 Å². The second-order valence-electron chi connectivity index (χ2n) is 8.76. The molecule has 0 aromatic carbocycles. The average molecular weight is 393 g/mol. The van der Waals surface area contributed by atoms with Crippen molar-refractivity contribution >= 4 is 11.0 Å². The van der Waals surface area contributed by atoms with Crippen LogP contribution >= 0.6 is 0 Å². The molecule has 3 aromatic rings. The molecule has 0 bridgehead atoms. The van der Waals surface area contributed by atoms with E-state index < -0.39 is 0 Å². The fourth-order valence-electron chi connectivity index (χ4n) is 4.99. The van der Waals surface area contributed by atoms with Crippen molar-refractivity contribution in [2.45, 2.75) is 58.0 Å². The average Bonchev–Trinajstić information content (AvgIpc) is 3.43. The number of H-pyrrole nitrogens is 1. The molecule has 2 fully saturated rings. The Morgan fingerprint density at radius 1 is 1.24 bits per heavy atom. The highest BCUT2D eigenvalue weighted by Gasteiger charge is 2.33. The molecule has 1 saturated carbocycles. The van der Waals surface area contributed by atoms with E-state index in [1.54, 1.807) is 6.20 Å². The van der Waals surface area contributed by atoms with Gasteiger partial charge in [0.05, 0.1) is 17.9 Å². The molecule has 0 unspecified atom stereocenters. The first-order valence-electron chi connectivity index (χ1n) is 10.7. The van der Waals surface area contributed by atoms with Crippen molar-refractivity contribution in [1.29, 1.82) is 0 Å². The van der Waals surface area contributed by atoms with Gasteiger partial charge >= 0.3 is 0 Å². The van der Waals surface area contributed by atoms with Gasteiger partial charge in [-0.3, -0.25) is 14.7 Å². The van der Waals surface area contributed by atoms with E-state index >= 15 is 0 Å². The molecule has 1 aliphatic carbocycles. The molecule has 7 nitrogen and oxygen atoms in total. The van der Waals surface area contributed by atoms with Gasteiger partial charge in [-0.2, -0.15) is 5.10 Å². The third kappa shape index (κ3) is 3.37. The van der Waals surface area contributed by atoms with Gasteiger partial charge in [0.2, 0.25) is 0 Å². The fourth-order valence-corrected chi connectivity index (χ4v) is 4.99. The Labute approximate surface area is 170 Å². The van der Waals surface area contributed by atoms with Gasteiger partial charge in [-0.15, -0.1) is 0 Å². The van der Waals surface area contributed by atoms with E-state index in [2.05, 4.69) is 39.9 Å². The van der Waals surface area contributed by atoms with E-state index in [4.69, 9.17) is 4.98 Å². The van der Waals surface area contributed by atoms with E-state index in [9.17, 15) is 4.79 Å². The summed E-state index contributed by atoms with van der Waals surface area (Å²) in [4.78, 5) is 27.7. The van der Waals surface area contributed by atoms with E-state index in [1.807, 2.05) is 16.9 Å². The number of rotatable bonds is 4. The van der Waals surface area contributed by atoms with Crippen LogP contribution in [0.3, 0.4) is 0 Å². The standard InChI is InChI=1S/C22H28N6O/c1-14-6-5-9-23-19(14)13-27-11-15(2)18(12-27)20-25-21-17(22(29)26-20)10-24-28(21)16-7-3-4-8-16/h5-6,9-10,15-16,18H,3-4,7-8,11-13H2,1-2H3,(H,25,26,29)/t15-,18-/m1/s1. The lowest BCUT2D eigenvalue weighted by atomic mass is 9.97. The second-order valence-corrected chi connectivity index (χ2v) is 8.76. The van der Waals surface area contributed by atoms with E-state index in [1.165, 1.54) is 18.4 Å². The first kappa shape index (κ1) is 18.5. The maximum Gasteiger partial charge on any atom is 0.262 e. The molecule has 1 saturated heterocycles. The third-order valence-electron chi connectivity index (χ3n) is 6.68. The van der Waals surface area contributed by atoms with Gasteiger partial charge in [0.1, 0.15) is 11.2 Å². The van der Waals surface area contributed by atoms with Crippen molar-refractivity contribution in [1.82, 2.24) is 29.6 Å². The number of likely N-dealkylation sites (tertiary alicyclic amines) is 1. The monoisotopic (exact) mass is 392 g/mol. The van der Waals surface area contributed by atoms with Crippen molar-refractivity contribution in [2.24, 2.45) is 5.92 Å². The van der Waals surface area contributed by atoms with Crippen LogP contribution in [0.25, 0.3) is 11.0 Å². The van der Waals surface area contributed by atoms with Gasteiger partial charge < -0.3 is 4.98 Å². The molecule has 7 heteroatoms. The predicted octanol–water partition coefficient (Wildman–Crippen LogP) is 3.17. The highest BCUT2D eigenvalue weighted by atomic mass is 16.1. The molecule has 2 aliphatic rings. The molecule has 0 radical (unpaired) electrons. The van der Waals surface area contributed by atoms with Crippen LogP contribution in [-0.4, -0.2) is 42.7 Å². The third-order valence-corrected chi connectivity index (χ3v) is 6.68. The second kappa shape index (κ2) is 7.37. The quantitative estimate of drug-likeness (QED) is 0.738. The highest BCUT2D eigenvalue weighted by Crippen LogP contribution is 2.33. The number of pyridine rings is 1. The van der Waals surface area contributed by atoms with Gasteiger partial charge in [0, 0.05) is 31.7 Å². The van der Waals surface area contributed by atoms with Crippen molar-refractivity contribution in [2.75, 3.05) is 13.1 Å². The maximum atomic E-state index is 12.7. The minimum atomic E-state index is -0.0690. The van der Waals surface area contributed by atoms with Crippen LogP contribution in [0.15, 0.2) is 29.3 Å². The number of aromatic nitrogens is 5. The summed E-state index contributed by atoms with van der Waals surface area (Å²) in [6, 6.07) is 4.46. The molecule has 2 atom stereocenters. The molecule has 152 valence electrons. The molecular weight excluding hydrogens is 364 g/mol.